The molecule has 3 unspecified atom stereocenters. The number of nitrogens with one attached hydrogen (secondary N) is 1. The normalized spacial score (nSPS) is 33.4. The minimum absolute atomic E-state index is 0.144. The third-order valence-electron chi connectivity index (χ3n) is 3.72. The lowest BCUT2D eigenvalue weighted by atomic mass is 9.97. The lowest BCUT2D eigenvalue weighted by molar-refractivity contribution is 0.0503. The summed E-state index contributed by atoms with van der Waals surface area (Å²) in [6.45, 7) is 3.87. The Bertz CT molecular complexity index is 333. The van der Waals surface area contributed by atoms with E-state index in [1.54, 1.807) is 0 Å². The first-order valence-corrected chi connectivity index (χ1v) is 6.67. The van der Waals surface area contributed by atoms with E-state index in [4.69, 9.17) is 9.47 Å². The number of ether oxygens (including phenoxy) is 2. The summed E-state index contributed by atoms with van der Waals surface area (Å²) in [6.07, 6.45) is 10.7. The SMILES string of the molecule is CC(CC1=CC2OCOC2C=C1)NCC1CC1. The number of hydrogen-bond acceptors (Lipinski definition) is 3. The molecule has 1 N–H and O–H groups in total. The molecular weight excluding hydrogens is 214 g/mol. The predicted octanol–water partition coefficient (Wildman–Crippen LogP) is 2.00. The number of allylic oxidation sites excluding steroid dienone is 1. The van der Waals surface area contributed by atoms with Crippen LogP contribution in [0.1, 0.15) is 26.2 Å². The molecule has 0 aromatic carbocycles. The van der Waals surface area contributed by atoms with E-state index < -0.39 is 0 Å². The molecule has 0 aromatic heterocycles. The van der Waals surface area contributed by atoms with Crippen molar-refractivity contribution in [1.29, 1.82) is 0 Å². The Kier molecular flexibility index (Phi) is 3.32. The number of hydrogen-bond donors (Lipinski definition) is 1. The summed E-state index contributed by atoms with van der Waals surface area (Å²) in [7, 11) is 0. The van der Waals surface area contributed by atoms with Crippen LogP contribution in [-0.2, 0) is 9.47 Å². The van der Waals surface area contributed by atoms with Gasteiger partial charge in [0, 0.05) is 6.04 Å². The highest BCUT2D eigenvalue weighted by molar-refractivity contribution is 5.28. The maximum atomic E-state index is 5.51. The van der Waals surface area contributed by atoms with Crippen LogP contribution in [0, 0.1) is 5.92 Å². The van der Waals surface area contributed by atoms with E-state index in [9.17, 15) is 0 Å². The van der Waals surface area contributed by atoms with Crippen molar-refractivity contribution < 1.29 is 9.47 Å². The van der Waals surface area contributed by atoms with E-state index in [0.717, 1.165) is 12.3 Å². The summed E-state index contributed by atoms with van der Waals surface area (Å²) in [5.74, 6) is 0.948. The Hall–Kier alpha value is -0.640. The van der Waals surface area contributed by atoms with Crippen LogP contribution in [0.4, 0.5) is 0 Å². The molecule has 3 nitrogen and oxygen atoms in total. The van der Waals surface area contributed by atoms with Gasteiger partial charge in [0.2, 0.25) is 0 Å². The fraction of sp³-hybridized carbons (Fsp3) is 0.714. The van der Waals surface area contributed by atoms with Gasteiger partial charge in [-0.1, -0.05) is 12.2 Å². The van der Waals surface area contributed by atoms with Gasteiger partial charge in [-0.05, 0) is 50.3 Å². The average Bonchev–Trinajstić information content (AvgIpc) is 3.04. The molecule has 3 rings (SSSR count). The Labute approximate surface area is 103 Å². The van der Waals surface area contributed by atoms with E-state index in [-0.39, 0.29) is 12.2 Å². The molecule has 0 amide bonds. The van der Waals surface area contributed by atoms with Gasteiger partial charge in [0.15, 0.2) is 0 Å². The maximum Gasteiger partial charge on any atom is 0.148 e. The summed E-state index contributed by atoms with van der Waals surface area (Å²) in [5, 5.41) is 3.60. The maximum absolute atomic E-state index is 5.51. The topological polar surface area (TPSA) is 30.5 Å². The quantitative estimate of drug-likeness (QED) is 0.790. The van der Waals surface area contributed by atoms with Crippen molar-refractivity contribution in [3.8, 4) is 0 Å². The number of fused-ring (bicyclic) bond motifs is 1. The third-order valence-corrected chi connectivity index (χ3v) is 3.72. The highest BCUT2D eigenvalue weighted by Gasteiger charge is 2.28. The van der Waals surface area contributed by atoms with E-state index in [1.807, 2.05) is 0 Å². The molecule has 0 aromatic rings. The van der Waals surface area contributed by atoms with Crippen LogP contribution in [0.25, 0.3) is 0 Å². The molecule has 1 aliphatic heterocycles. The fourth-order valence-electron chi connectivity index (χ4n) is 2.43. The van der Waals surface area contributed by atoms with Crippen molar-refractivity contribution in [2.45, 2.75) is 44.4 Å². The molecule has 2 fully saturated rings. The van der Waals surface area contributed by atoms with Crippen LogP contribution in [0.3, 0.4) is 0 Å². The van der Waals surface area contributed by atoms with Gasteiger partial charge >= 0.3 is 0 Å². The molecule has 3 atom stereocenters. The van der Waals surface area contributed by atoms with Crippen LogP contribution in [0.5, 0.6) is 0 Å². The van der Waals surface area contributed by atoms with Gasteiger partial charge < -0.3 is 14.8 Å². The van der Waals surface area contributed by atoms with Gasteiger partial charge in [0.05, 0.1) is 0 Å². The first-order valence-electron chi connectivity index (χ1n) is 6.67. The molecule has 94 valence electrons. The van der Waals surface area contributed by atoms with E-state index in [0.29, 0.717) is 12.8 Å². The van der Waals surface area contributed by atoms with Crippen molar-refractivity contribution in [3.05, 3.63) is 23.8 Å². The Morgan fingerprint density at radius 1 is 1.35 bits per heavy atom. The summed E-state index contributed by atoms with van der Waals surface area (Å²) in [6, 6.07) is 0.547. The smallest absolute Gasteiger partial charge is 0.148 e. The molecule has 0 radical (unpaired) electrons. The van der Waals surface area contributed by atoms with Crippen LogP contribution in [0.15, 0.2) is 23.8 Å². The third kappa shape index (κ3) is 2.97. The minimum Gasteiger partial charge on any atom is -0.345 e. The first kappa shape index (κ1) is 11.5. The van der Waals surface area contributed by atoms with Crippen molar-refractivity contribution in [2.24, 2.45) is 5.92 Å². The summed E-state index contributed by atoms with van der Waals surface area (Å²) in [4.78, 5) is 0. The zero-order valence-electron chi connectivity index (χ0n) is 10.4. The Balaban J connectivity index is 1.48. The monoisotopic (exact) mass is 235 g/mol. The van der Waals surface area contributed by atoms with Crippen LogP contribution >= 0.6 is 0 Å². The van der Waals surface area contributed by atoms with Crippen LogP contribution < -0.4 is 5.32 Å². The average molecular weight is 235 g/mol. The largest absolute Gasteiger partial charge is 0.345 e. The molecule has 3 heteroatoms. The van der Waals surface area contributed by atoms with Gasteiger partial charge in [0.25, 0.3) is 0 Å². The zero-order valence-corrected chi connectivity index (χ0v) is 10.4. The molecule has 0 spiro atoms. The number of rotatable bonds is 5. The Morgan fingerprint density at radius 3 is 3.00 bits per heavy atom. The summed E-state index contributed by atoms with van der Waals surface area (Å²) < 4.78 is 10.9. The van der Waals surface area contributed by atoms with Gasteiger partial charge in [0.1, 0.15) is 19.0 Å². The summed E-state index contributed by atoms with van der Waals surface area (Å²) >= 11 is 0. The molecule has 1 heterocycles. The molecule has 0 bridgehead atoms. The fourth-order valence-corrected chi connectivity index (χ4v) is 2.43. The lowest BCUT2D eigenvalue weighted by Gasteiger charge is -2.19. The second-order valence-electron chi connectivity index (χ2n) is 5.44. The second kappa shape index (κ2) is 4.92. The highest BCUT2D eigenvalue weighted by atomic mass is 16.7. The summed E-state index contributed by atoms with van der Waals surface area (Å²) in [5.41, 5.74) is 1.37. The molecule has 1 saturated heterocycles. The van der Waals surface area contributed by atoms with Crippen LogP contribution in [0.2, 0.25) is 0 Å². The van der Waals surface area contributed by atoms with E-state index in [1.165, 1.54) is 25.0 Å². The highest BCUT2D eigenvalue weighted by Crippen LogP contribution is 2.28. The molecule has 1 saturated carbocycles. The van der Waals surface area contributed by atoms with Crippen molar-refractivity contribution >= 4 is 0 Å². The minimum atomic E-state index is 0.144. The van der Waals surface area contributed by atoms with Gasteiger partial charge in [-0.3, -0.25) is 0 Å². The standard InChI is InChI=1S/C14H21NO2/c1-10(15-8-11-2-3-11)6-12-4-5-13-14(7-12)17-9-16-13/h4-5,7,10-11,13-15H,2-3,6,8-9H2,1H3. The van der Waals surface area contributed by atoms with Crippen molar-refractivity contribution in [1.82, 2.24) is 5.32 Å². The Morgan fingerprint density at radius 2 is 2.18 bits per heavy atom. The van der Waals surface area contributed by atoms with Crippen molar-refractivity contribution in [2.75, 3.05) is 13.3 Å². The molecule has 17 heavy (non-hydrogen) atoms. The molecular formula is C14H21NO2. The first-order chi connectivity index (χ1) is 8.31. The van der Waals surface area contributed by atoms with Crippen LogP contribution in [-0.4, -0.2) is 31.6 Å². The van der Waals surface area contributed by atoms with E-state index >= 15 is 0 Å². The lowest BCUT2D eigenvalue weighted by Crippen LogP contribution is -2.29. The van der Waals surface area contributed by atoms with E-state index in [2.05, 4.69) is 30.5 Å². The predicted molar refractivity (Wildman–Crippen MR) is 66.6 cm³/mol. The molecule has 2 aliphatic carbocycles. The molecule has 3 aliphatic rings. The second-order valence-corrected chi connectivity index (χ2v) is 5.44. The zero-order chi connectivity index (χ0) is 11.7. The van der Waals surface area contributed by atoms with Gasteiger partial charge in [-0.25, -0.2) is 0 Å². The van der Waals surface area contributed by atoms with Gasteiger partial charge in [-0.2, -0.15) is 0 Å². The van der Waals surface area contributed by atoms with Crippen molar-refractivity contribution in [3.63, 3.8) is 0 Å². The van der Waals surface area contributed by atoms with Gasteiger partial charge in [-0.15, -0.1) is 0 Å².